The number of benzene rings is 2. The van der Waals surface area contributed by atoms with Gasteiger partial charge in [-0.3, -0.25) is 0 Å². The maximum Gasteiger partial charge on any atom is 0.419 e. The zero-order valence-electron chi connectivity index (χ0n) is 13.2. The van der Waals surface area contributed by atoms with Crippen molar-refractivity contribution in [2.45, 2.75) is 12.8 Å². The van der Waals surface area contributed by atoms with Gasteiger partial charge < -0.3 is 14.2 Å². The molecule has 3 aromatic rings. The first kappa shape index (κ1) is 16.2. The molecule has 0 N–H and O–H groups in total. The van der Waals surface area contributed by atoms with Gasteiger partial charge in [-0.2, -0.15) is 13.2 Å². The lowest BCUT2D eigenvalue weighted by Crippen LogP contribution is -2.10. The Balaban J connectivity index is 1.53. The number of fused-ring (bicyclic) bond motifs is 2. The molecular formula is C18H11F3N2O3. The maximum atomic E-state index is 13.0. The van der Waals surface area contributed by atoms with Crippen LogP contribution in [0.2, 0.25) is 0 Å². The summed E-state index contributed by atoms with van der Waals surface area (Å²) in [5, 5.41) is 7.81. The fourth-order valence-electron chi connectivity index (χ4n) is 2.44. The van der Waals surface area contributed by atoms with Crippen LogP contribution >= 0.6 is 0 Å². The second kappa shape index (κ2) is 6.21. The highest BCUT2D eigenvalue weighted by Crippen LogP contribution is 2.43. The molecule has 8 heteroatoms. The molecule has 0 fully saturated rings. The number of aromatic nitrogens is 2. The molecule has 0 bridgehead atoms. The number of hydrogen-bond donors (Lipinski definition) is 0. The Morgan fingerprint density at radius 1 is 0.846 bits per heavy atom. The van der Waals surface area contributed by atoms with E-state index in [1.165, 1.54) is 24.3 Å². The number of ether oxygens (including phenoxy) is 3. The number of hydrogen-bond acceptors (Lipinski definition) is 5. The fraction of sp³-hybridized carbons (Fsp3) is 0.111. The molecule has 0 saturated carbocycles. The molecule has 1 aliphatic heterocycles. The van der Waals surface area contributed by atoms with E-state index < -0.39 is 11.7 Å². The third-order valence-corrected chi connectivity index (χ3v) is 3.62. The van der Waals surface area contributed by atoms with Gasteiger partial charge in [0.2, 0.25) is 0 Å². The van der Waals surface area contributed by atoms with Crippen LogP contribution in [0.5, 0.6) is 28.9 Å². The highest BCUT2D eigenvalue weighted by molar-refractivity contribution is 5.51. The summed E-state index contributed by atoms with van der Waals surface area (Å²) in [4.78, 5) is 0. The van der Waals surface area contributed by atoms with Crippen molar-refractivity contribution in [3.63, 3.8) is 0 Å². The highest BCUT2D eigenvalue weighted by atomic mass is 19.4. The van der Waals surface area contributed by atoms with E-state index in [9.17, 15) is 13.2 Å². The van der Waals surface area contributed by atoms with Crippen molar-refractivity contribution in [3.8, 4) is 28.9 Å². The average Bonchev–Trinajstić information content (AvgIpc) is 2.64. The molecule has 26 heavy (non-hydrogen) atoms. The first-order valence-corrected chi connectivity index (χ1v) is 7.61. The first-order chi connectivity index (χ1) is 12.5. The third kappa shape index (κ3) is 3.13. The van der Waals surface area contributed by atoms with Gasteiger partial charge in [0.1, 0.15) is 18.1 Å². The van der Waals surface area contributed by atoms with E-state index in [1.807, 2.05) is 0 Å². The van der Waals surface area contributed by atoms with E-state index in [1.54, 1.807) is 24.3 Å². The summed E-state index contributed by atoms with van der Waals surface area (Å²) >= 11 is 0. The molecule has 0 saturated heterocycles. The van der Waals surface area contributed by atoms with Crippen molar-refractivity contribution < 1.29 is 27.4 Å². The van der Waals surface area contributed by atoms with Crippen molar-refractivity contribution >= 4 is 0 Å². The van der Waals surface area contributed by atoms with E-state index in [0.29, 0.717) is 22.9 Å². The van der Waals surface area contributed by atoms with E-state index >= 15 is 0 Å². The summed E-state index contributed by atoms with van der Waals surface area (Å²) in [7, 11) is 0. The van der Waals surface area contributed by atoms with Gasteiger partial charge in [0, 0.05) is 6.07 Å². The fourth-order valence-corrected chi connectivity index (χ4v) is 2.44. The van der Waals surface area contributed by atoms with Crippen LogP contribution in [0.4, 0.5) is 13.2 Å². The van der Waals surface area contributed by atoms with Crippen molar-refractivity contribution in [1.29, 1.82) is 0 Å². The standard InChI is InChI=1S/C18H11F3N2O3/c19-18(20,21)12-5-1-2-6-13(12)24-10-11-9-16-17(23-22-11)26-15-8-4-3-7-14(15)25-16/h1-9H,10H2. The summed E-state index contributed by atoms with van der Waals surface area (Å²) < 4.78 is 55.5. The molecule has 1 aromatic heterocycles. The van der Waals surface area contributed by atoms with Gasteiger partial charge in [0.25, 0.3) is 5.88 Å². The van der Waals surface area contributed by atoms with Crippen LogP contribution in [0, 0.1) is 0 Å². The Morgan fingerprint density at radius 2 is 1.54 bits per heavy atom. The van der Waals surface area contributed by atoms with Gasteiger partial charge in [-0.25, -0.2) is 0 Å². The van der Waals surface area contributed by atoms with Crippen LogP contribution < -0.4 is 14.2 Å². The van der Waals surface area contributed by atoms with Crippen molar-refractivity contribution in [3.05, 3.63) is 65.9 Å². The number of para-hydroxylation sites is 3. The molecule has 1 aliphatic rings. The third-order valence-electron chi connectivity index (χ3n) is 3.62. The van der Waals surface area contributed by atoms with Gasteiger partial charge in [-0.15, -0.1) is 10.2 Å². The van der Waals surface area contributed by atoms with E-state index in [4.69, 9.17) is 14.2 Å². The first-order valence-electron chi connectivity index (χ1n) is 7.61. The number of nitrogens with zero attached hydrogens (tertiary/aromatic N) is 2. The summed E-state index contributed by atoms with van der Waals surface area (Å²) in [5.74, 6) is 1.26. The van der Waals surface area contributed by atoms with Crippen LogP contribution in [-0.2, 0) is 12.8 Å². The van der Waals surface area contributed by atoms with Gasteiger partial charge >= 0.3 is 6.18 Å². The average molecular weight is 360 g/mol. The molecule has 4 rings (SSSR count). The van der Waals surface area contributed by atoms with Gasteiger partial charge in [0.05, 0.1) is 5.56 Å². The van der Waals surface area contributed by atoms with Crippen LogP contribution in [0.3, 0.4) is 0 Å². The van der Waals surface area contributed by atoms with E-state index in [-0.39, 0.29) is 18.2 Å². The quantitative estimate of drug-likeness (QED) is 0.516. The van der Waals surface area contributed by atoms with Gasteiger partial charge in [0.15, 0.2) is 17.2 Å². The topological polar surface area (TPSA) is 53.5 Å². The lowest BCUT2D eigenvalue weighted by atomic mass is 10.2. The second-order valence-electron chi connectivity index (χ2n) is 5.44. The van der Waals surface area contributed by atoms with Crippen molar-refractivity contribution in [2.24, 2.45) is 0 Å². The molecule has 0 aliphatic carbocycles. The minimum atomic E-state index is -4.50. The summed E-state index contributed by atoms with van der Waals surface area (Å²) in [6, 6.07) is 13.6. The van der Waals surface area contributed by atoms with Gasteiger partial charge in [-0.1, -0.05) is 24.3 Å². The van der Waals surface area contributed by atoms with Crippen molar-refractivity contribution in [2.75, 3.05) is 0 Å². The SMILES string of the molecule is FC(F)(F)c1ccccc1OCc1cc2c(nn1)Oc1ccccc1O2. The lowest BCUT2D eigenvalue weighted by Gasteiger charge is -2.19. The Morgan fingerprint density at radius 3 is 2.31 bits per heavy atom. The zero-order valence-corrected chi connectivity index (χ0v) is 13.2. The zero-order chi connectivity index (χ0) is 18.1. The van der Waals surface area contributed by atoms with E-state index in [0.717, 1.165) is 6.07 Å². The molecule has 0 radical (unpaired) electrons. The molecule has 132 valence electrons. The highest BCUT2D eigenvalue weighted by Gasteiger charge is 2.34. The van der Waals surface area contributed by atoms with Crippen LogP contribution in [0.15, 0.2) is 54.6 Å². The molecule has 2 aromatic carbocycles. The molecule has 5 nitrogen and oxygen atoms in total. The predicted octanol–water partition coefficient (Wildman–Crippen LogP) is 4.97. The van der Waals surface area contributed by atoms with Crippen molar-refractivity contribution in [1.82, 2.24) is 10.2 Å². The molecule has 0 amide bonds. The van der Waals surface area contributed by atoms with Crippen LogP contribution in [0.25, 0.3) is 0 Å². The minimum Gasteiger partial charge on any atom is -0.487 e. The Bertz CT molecular complexity index is 960. The molecular weight excluding hydrogens is 349 g/mol. The Hall–Kier alpha value is -3.29. The lowest BCUT2D eigenvalue weighted by molar-refractivity contribution is -0.139. The van der Waals surface area contributed by atoms with E-state index in [2.05, 4.69) is 10.2 Å². The molecule has 0 unspecified atom stereocenters. The monoisotopic (exact) mass is 360 g/mol. The summed E-state index contributed by atoms with van der Waals surface area (Å²) in [6.07, 6.45) is -4.50. The van der Waals surface area contributed by atoms with Crippen LogP contribution in [-0.4, -0.2) is 10.2 Å². The molecule has 0 spiro atoms. The number of alkyl halides is 3. The molecule has 0 atom stereocenters. The summed E-state index contributed by atoms with van der Waals surface area (Å²) in [6.45, 7) is -0.196. The predicted molar refractivity (Wildman–Crippen MR) is 84.4 cm³/mol. The largest absolute Gasteiger partial charge is 0.487 e. The number of halogens is 3. The number of rotatable bonds is 3. The minimum absolute atomic E-state index is 0.183. The Kier molecular flexibility index (Phi) is 3.87. The second-order valence-corrected chi connectivity index (χ2v) is 5.44. The smallest absolute Gasteiger partial charge is 0.419 e. The Labute approximate surface area is 146 Å². The van der Waals surface area contributed by atoms with Gasteiger partial charge in [-0.05, 0) is 24.3 Å². The normalized spacial score (nSPS) is 12.4. The van der Waals surface area contributed by atoms with Crippen LogP contribution in [0.1, 0.15) is 11.3 Å². The summed E-state index contributed by atoms with van der Waals surface area (Å²) in [5.41, 5.74) is -0.539. The molecule has 2 heterocycles. The maximum absolute atomic E-state index is 13.0.